The minimum Gasteiger partial charge on any atom is -0.384 e. The fourth-order valence-electron chi connectivity index (χ4n) is 1.61. The number of halogens is 4. The van der Waals surface area contributed by atoms with E-state index in [2.05, 4.69) is 26.0 Å². The lowest BCUT2D eigenvalue weighted by molar-refractivity contribution is -0.141. The van der Waals surface area contributed by atoms with Gasteiger partial charge in [0, 0.05) is 17.2 Å². The van der Waals surface area contributed by atoms with Crippen molar-refractivity contribution in [2.24, 2.45) is 0 Å². The summed E-state index contributed by atoms with van der Waals surface area (Å²) in [5, 5.41) is 3.54. The Kier molecular flexibility index (Phi) is 3.53. The van der Waals surface area contributed by atoms with Gasteiger partial charge in [-0.05, 0) is 35.0 Å². The van der Waals surface area contributed by atoms with Gasteiger partial charge in [0.15, 0.2) is 5.69 Å². The lowest BCUT2D eigenvalue weighted by Gasteiger charge is -2.07. The molecule has 4 nitrogen and oxygen atoms in total. The second kappa shape index (κ2) is 4.84. The molecule has 0 saturated carbocycles. The second-order valence-corrected chi connectivity index (χ2v) is 4.67. The molecule has 0 aliphatic carbocycles. The van der Waals surface area contributed by atoms with Gasteiger partial charge in [-0.15, -0.1) is 0 Å². The molecule has 0 radical (unpaired) electrons. The maximum absolute atomic E-state index is 13.0. The summed E-state index contributed by atoms with van der Waals surface area (Å²) in [6.45, 7) is 2.04. The summed E-state index contributed by atoms with van der Waals surface area (Å²) in [4.78, 5) is 3.94. The maximum atomic E-state index is 13.0. The summed E-state index contributed by atoms with van der Waals surface area (Å²) < 4.78 is 40.5. The van der Waals surface area contributed by atoms with Gasteiger partial charge in [0.1, 0.15) is 5.82 Å². The molecule has 2 aromatic heterocycles. The molecule has 0 bridgehead atoms. The van der Waals surface area contributed by atoms with E-state index in [9.17, 15) is 13.2 Å². The zero-order valence-corrected chi connectivity index (χ0v) is 11.5. The summed E-state index contributed by atoms with van der Waals surface area (Å²) in [6.07, 6.45) is -3.23. The highest BCUT2D eigenvalue weighted by Crippen LogP contribution is 2.38. The molecule has 2 aromatic rings. The zero-order valence-electron chi connectivity index (χ0n) is 9.87. The van der Waals surface area contributed by atoms with E-state index in [1.165, 1.54) is 16.9 Å². The van der Waals surface area contributed by atoms with Crippen LogP contribution in [-0.4, -0.2) is 14.8 Å². The molecule has 0 unspecified atom stereocenters. The van der Waals surface area contributed by atoms with Gasteiger partial charge in [-0.3, -0.25) is 4.68 Å². The van der Waals surface area contributed by atoms with Crippen molar-refractivity contribution in [3.8, 4) is 11.3 Å². The first kappa shape index (κ1) is 13.9. The first-order chi connectivity index (χ1) is 8.82. The monoisotopic (exact) mass is 334 g/mol. The number of aromatic nitrogens is 3. The van der Waals surface area contributed by atoms with Crippen molar-refractivity contribution >= 4 is 21.7 Å². The Labute approximate surface area is 115 Å². The molecule has 0 aliphatic rings. The van der Waals surface area contributed by atoms with Crippen LogP contribution in [-0.2, 0) is 12.7 Å². The van der Waals surface area contributed by atoms with Gasteiger partial charge in [-0.25, -0.2) is 4.98 Å². The number of hydrogen-bond donors (Lipinski definition) is 1. The van der Waals surface area contributed by atoms with E-state index in [-0.39, 0.29) is 17.1 Å². The molecule has 0 amide bonds. The summed E-state index contributed by atoms with van der Waals surface area (Å²) in [6, 6.07) is 3.06. The van der Waals surface area contributed by atoms with Gasteiger partial charge >= 0.3 is 6.18 Å². The SMILES string of the molecule is CCn1cc(-c2nc(N)ccc2Br)c(C(F)(F)F)n1. The largest absolute Gasteiger partial charge is 0.435 e. The number of nitrogens with zero attached hydrogens (tertiary/aromatic N) is 3. The highest BCUT2D eigenvalue weighted by atomic mass is 79.9. The van der Waals surface area contributed by atoms with Crippen molar-refractivity contribution in [2.75, 3.05) is 5.73 Å². The standard InChI is InChI=1S/C11H10BrF3N4/c1-2-19-5-6(10(18-19)11(13,14)15)9-7(12)3-4-8(16)17-9/h3-5H,2H2,1H3,(H2,16,17). The van der Waals surface area contributed by atoms with Gasteiger partial charge < -0.3 is 5.73 Å². The molecule has 0 saturated heterocycles. The fraction of sp³-hybridized carbons (Fsp3) is 0.273. The van der Waals surface area contributed by atoms with Crippen molar-refractivity contribution in [3.63, 3.8) is 0 Å². The third-order valence-corrected chi connectivity index (χ3v) is 3.12. The Morgan fingerprint density at radius 1 is 1.37 bits per heavy atom. The van der Waals surface area contributed by atoms with Crippen LogP contribution in [0.2, 0.25) is 0 Å². The molecule has 19 heavy (non-hydrogen) atoms. The minimum atomic E-state index is -4.54. The van der Waals surface area contributed by atoms with E-state index < -0.39 is 11.9 Å². The van der Waals surface area contributed by atoms with Crippen LogP contribution in [0.1, 0.15) is 12.6 Å². The van der Waals surface area contributed by atoms with Crippen LogP contribution in [0.4, 0.5) is 19.0 Å². The van der Waals surface area contributed by atoms with Crippen molar-refractivity contribution < 1.29 is 13.2 Å². The third-order valence-electron chi connectivity index (χ3n) is 2.48. The number of nitrogens with two attached hydrogens (primary N) is 1. The topological polar surface area (TPSA) is 56.7 Å². The Balaban J connectivity index is 2.67. The van der Waals surface area contributed by atoms with Crippen LogP contribution in [0.25, 0.3) is 11.3 Å². The van der Waals surface area contributed by atoms with Crippen LogP contribution >= 0.6 is 15.9 Å². The van der Waals surface area contributed by atoms with E-state index in [4.69, 9.17) is 5.73 Å². The smallest absolute Gasteiger partial charge is 0.384 e. The second-order valence-electron chi connectivity index (χ2n) is 3.81. The molecule has 0 aromatic carbocycles. The van der Waals surface area contributed by atoms with Crippen LogP contribution in [0, 0.1) is 0 Å². The lowest BCUT2D eigenvalue weighted by atomic mass is 10.1. The molecule has 0 aliphatic heterocycles. The number of rotatable bonds is 2. The highest BCUT2D eigenvalue weighted by Gasteiger charge is 2.38. The Bertz CT molecular complexity index is 606. The summed E-state index contributed by atoms with van der Waals surface area (Å²) in [5.74, 6) is 0.149. The third kappa shape index (κ3) is 2.73. The molecule has 8 heteroatoms. The van der Waals surface area contributed by atoms with Crippen molar-refractivity contribution in [1.82, 2.24) is 14.8 Å². The van der Waals surface area contributed by atoms with Crippen LogP contribution in [0.5, 0.6) is 0 Å². The predicted molar refractivity (Wildman–Crippen MR) is 68.2 cm³/mol. The molecule has 2 N–H and O–H groups in total. The van der Waals surface area contributed by atoms with Gasteiger partial charge in [0.25, 0.3) is 0 Å². The Morgan fingerprint density at radius 2 is 2.05 bits per heavy atom. The van der Waals surface area contributed by atoms with E-state index in [1.807, 2.05) is 0 Å². The first-order valence-electron chi connectivity index (χ1n) is 5.40. The van der Waals surface area contributed by atoms with Crippen LogP contribution < -0.4 is 5.73 Å². The van der Waals surface area contributed by atoms with Gasteiger partial charge in [0.2, 0.25) is 0 Å². The number of pyridine rings is 1. The zero-order chi connectivity index (χ0) is 14.2. The number of alkyl halides is 3. The van der Waals surface area contributed by atoms with Gasteiger partial charge in [-0.2, -0.15) is 18.3 Å². The summed E-state index contributed by atoms with van der Waals surface area (Å²) >= 11 is 3.18. The lowest BCUT2D eigenvalue weighted by Crippen LogP contribution is -2.09. The van der Waals surface area contributed by atoms with Crippen molar-refractivity contribution in [1.29, 1.82) is 0 Å². The van der Waals surface area contributed by atoms with Crippen molar-refractivity contribution in [3.05, 3.63) is 28.5 Å². The molecule has 0 spiro atoms. The van der Waals surface area contributed by atoms with Gasteiger partial charge in [-0.1, -0.05) is 0 Å². The molecule has 102 valence electrons. The maximum Gasteiger partial charge on any atom is 0.435 e. The van der Waals surface area contributed by atoms with E-state index in [1.54, 1.807) is 13.0 Å². The molecule has 0 fully saturated rings. The molecular weight excluding hydrogens is 325 g/mol. The van der Waals surface area contributed by atoms with E-state index in [0.717, 1.165) is 0 Å². The molecule has 0 atom stereocenters. The molecule has 2 rings (SSSR count). The highest BCUT2D eigenvalue weighted by molar-refractivity contribution is 9.10. The molecule has 2 heterocycles. The summed E-state index contributed by atoms with van der Waals surface area (Å²) in [5.41, 5.74) is 4.60. The average Bonchev–Trinajstić information content (AvgIpc) is 2.76. The quantitative estimate of drug-likeness (QED) is 0.916. The van der Waals surface area contributed by atoms with Gasteiger partial charge in [0.05, 0.1) is 11.3 Å². The Morgan fingerprint density at radius 3 is 2.63 bits per heavy atom. The normalized spacial score (nSPS) is 11.8. The number of nitrogen functional groups attached to an aromatic ring is 1. The van der Waals surface area contributed by atoms with Crippen molar-refractivity contribution in [2.45, 2.75) is 19.6 Å². The predicted octanol–water partition coefficient (Wildman–Crippen LogP) is 3.33. The number of hydrogen-bond acceptors (Lipinski definition) is 3. The minimum absolute atomic E-state index is 0.0893. The van der Waals surface area contributed by atoms with Crippen LogP contribution in [0.15, 0.2) is 22.8 Å². The van der Waals surface area contributed by atoms with Crippen LogP contribution in [0.3, 0.4) is 0 Å². The fourth-order valence-corrected chi connectivity index (χ4v) is 2.05. The Hall–Kier alpha value is -1.57. The number of aryl methyl sites for hydroxylation is 1. The average molecular weight is 335 g/mol. The first-order valence-corrected chi connectivity index (χ1v) is 6.19. The molecular formula is C11H10BrF3N4. The van der Waals surface area contributed by atoms with E-state index in [0.29, 0.717) is 11.0 Å². The van der Waals surface area contributed by atoms with E-state index >= 15 is 0 Å². The summed E-state index contributed by atoms with van der Waals surface area (Å²) in [7, 11) is 0. The number of anilines is 1.